The van der Waals surface area contributed by atoms with Crippen LogP contribution < -0.4 is 11.1 Å². The molecule has 0 aliphatic heterocycles. The van der Waals surface area contributed by atoms with E-state index < -0.39 is 24.2 Å². The molecule has 0 bridgehead atoms. The number of hydrogen-bond acceptors (Lipinski definition) is 5. The summed E-state index contributed by atoms with van der Waals surface area (Å²) >= 11 is 0. The molecule has 0 unspecified atom stereocenters. The standard InChI is InChI=1S/C9H18N2O5/c1-6(13)11-4-9(16,5-12)3-2-7(10)8(14)15/h7,12,16H,2-5,10H2,1H3,(H,11,13)(H,14,15)/t7-,9-/m0/s1. The van der Waals surface area contributed by atoms with Gasteiger partial charge in [0.25, 0.3) is 0 Å². The first-order valence-electron chi connectivity index (χ1n) is 4.87. The van der Waals surface area contributed by atoms with Gasteiger partial charge in [0, 0.05) is 13.5 Å². The Bertz CT molecular complexity index is 258. The van der Waals surface area contributed by atoms with Crippen LogP contribution in [0.5, 0.6) is 0 Å². The van der Waals surface area contributed by atoms with Crippen LogP contribution in [0, 0.1) is 0 Å². The van der Waals surface area contributed by atoms with Crippen LogP contribution in [0.15, 0.2) is 0 Å². The van der Waals surface area contributed by atoms with Crippen LogP contribution in [-0.2, 0) is 9.59 Å². The molecule has 0 radical (unpaired) electrons. The highest BCUT2D eigenvalue weighted by Crippen LogP contribution is 2.12. The molecule has 1 amide bonds. The lowest BCUT2D eigenvalue weighted by Gasteiger charge is -2.26. The summed E-state index contributed by atoms with van der Waals surface area (Å²) in [5.41, 5.74) is 3.73. The fourth-order valence-electron chi connectivity index (χ4n) is 1.06. The zero-order valence-corrected chi connectivity index (χ0v) is 9.14. The summed E-state index contributed by atoms with van der Waals surface area (Å²) in [7, 11) is 0. The number of carboxylic acid groups (broad SMARTS) is 1. The largest absolute Gasteiger partial charge is 0.480 e. The number of carbonyl (C=O) groups is 2. The monoisotopic (exact) mass is 234 g/mol. The molecule has 0 rings (SSSR count). The molecule has 0 aromatic heterocycles. The van der Waals surface area contributed by atoms with Crippen LogP contribution in [0.2, 0.25) is 0 Å². The van der Waals surface area contributed by atoms with Crippen molar-refractivity contribution in [3.05, 3.63) is 0 Å². The molecule has 0 heterocycles. The second kappa shape index (κ2) is 6.41. The molecule has 7 nitrogen and oxygen atoms in total. The molecule has 2 atom stereocenters. The number of hydrogen-bond donors (Lipinski definition) is 5. The van der Waals surface area contributed by atoms with Gasteiger partial charge in [-0.3, -0.25) is 9.59 Å². The van der Waals surface area contributed by atoms with Gasteiger partial charge in [-0.05, 0) is 12.8 Å². The normalized spacial score (nSPS) is 16.2. The minimum absolute atomic E-state index is 0.00273. The van der Waals surface area contributed by atoms with E-state index >= 15 is 0 Å². The number of aliphatic hydroxyl groups is 2. The van der Waals surface area contributed by atoms with Crippen LogP contribution in [0.1, 0.15) is 19.8 Å². The summed E-state index contributed by atoms with van der Waals surface area (Å²) in [4.78, 5) is 21.1. The summed E-state index contributed by atoms with van der Waals surface area (Å²) in [6, 6.07) is -1.09. The molecular weight excluding hydrogens is 216 g/mol. The Labute approximate surface area is 93.3 Å². The fraction of sp³-hybridized carbons (Fsp3) is 0.778. The van der Waals surface area contributed by atoms with Gasteiger partial charge in [0.2, 0.25) is 5.91 Å². The van der Waals surface area contributed by atoms with Gasteiger partial charge < -0.3 is 26.4 Å². The van der Waals surface area contributed by atoms with Crippen molar-refractivity contribution in [1.29, 1.82) is 0 Å². The van der Waals surface area contributed by atoms with Crippen molar-refractivity contribution in [3.8, 4) is 0 Å². The van der Waals surface area contributed by atoms with Crippen LogP contribution in [0.25, 0.3) is 0 Å². The zero-order valence-electron chi connectivity index (χ0n) is 9.14. The average molecular weight is 234 g/mol. The molecule has 0 aromatic rings. The van der Waals surface area contributed by atoms with E-state index in [2.05, 4.69) is 5.32 Å². The number of nitrogens with one attached hydrogen (secondary N) is 1. The number of amides is 1. The van der Waals surface area contributed by atoms with Crippen LogP contribution in [-0.4, -0.2) is 52.0 Å². The van der Waals surface area contributed by atoms with Crippen molar-refractivity contribution in [3.63, 3.8) is 0 Å². The highest BCUT2D eigenvalue weighted by Gasteiger charge is 2.28. The summed E-state index contributed by atoms with van der Waals surface area (Å²) < 4.78 is 0. The summed E-state index contributed by atoms with van der Waals surface area (Å²) in [6.45, 7) is 0.575. The molecule has 0 saturated carbocycles. The Morgan fingerprint density at radius 1 is 1.50 bits per heavy atom. The summed E-state index contributed by atoms with van der Waals surface area (Å²) in [5.74, 6) is -1.51. The lowest BCUT2D eigenvalue weighted by atomic mass is 9.96. The maximum Gasteiger partial charge on any atom is 0.320 e. The van der Waals surface area contributed by atoms with Gasteiger partial charge in [-0.25, -0.2) is 0 Å². The fourth-order valence-corrected chi connectivity index (χ4v) is 1.06. The van der Waals surface area contributed by atoms with Crippen LogP contribution in [0.3, 0.4) is 0 Å². The molecule has 0 saturated heterocycles. The molecule has 94 valence electrons. The molecule has 6 N–H and O–H groups in total. The summed E-state index contributed by atoms with van der Waals surface area (Å²) in [6.07, 6.45) is 0.0171. The Morgan fingerprint density at radius 3 is 2.44 bits per heavy atom. The van der Waals surface area contributed by atoms with E-state index in [0.717, 1.165) is 0 Å². The Balaban J connectivity index is 4.15. The topological polar surface area (TPSA) is 133 Å². The third-order valence-electron chi connectivity index (χ3n) is 2.20. The van der Waals surface area contributed by atoms with Crippen molar-refractivity contribution in [2.75, 3.05) is 13.2 Å². The highest BCUT2D eigenvalue weighted by molar-refractivity contribution is 5.73. The number of nitrogens with two attached hydrogens (primary N) is 1. The molecule has 0 aromatic carbocycles. The van der Waals surface area contributed by atoms with Crippen LogP contribution >= 0.6 is 0 Å². The third kappa shape index (κ3) is 5.64. The molecule has 0 spiro atoms. The molecule has 7 heteroatoms. The SMILES string of the molecule is CC(=O)NC[C@](O)(CO)CC[C@H](N)C(=O)O. The van der Waals surface area contributed by atoms with E-state index in [9.17, 15) is 14.7 Å². The minimum atomic E-state index is -1.53. The Hall–Kier alpha value is -1.18. The van der Waals surface area contributed by atoms with E-state index in [1.807, 2.05) is 0 Å². The van der Waals surface area contributed by atoms with E-state index in [4.69, 9.17) is 15.9 Å². The van der Waals surface area contributed by atoms with Gasteiger partial charge in [-0.1, -0.05) is 0 Å². The van der Waals surface area contributed by atoms with Gasteiger partial charge in [-0.2, -0.15) is 0 Å². The number of aliphatic hydroxyl groups excluding tert-OH is 1. The first-order valence-corrected chi connectivity index (χ1v) is 4.87. The van der Waals surface area contributed by atoms with Crippen molar-refractivity contribution in [2.24, 2.45) is 5.73 Å². The predicted octanol–water partition coefficient (Wildman–Crippen LogP) is -1.96. The maximum atomic E-state index is 10.6. The maximum absolute atomic E-state index is 10.6. The van der Waals surface area contributed by atoms with Gasteiger partial charge >= 0.3 is 5.97 Å². The number of rotatable bonds is 7. The van der Waals surface area contributed by atoms with Gasteiger partial charge in [0.15, 0.2) is 0 Å². The smallest absolute Gasteiger partial charge is 0.320 e. The van der Waals surface area contributed by atoms with Crippen molar-refractivity contribution < 1.29 is 24.9 Å². The van der Waals surface area contributed by atoms with Gasteiger partial charge in [0.05, 0.1) is 6.61 Å². The Kier molecular flexibility index (Phi) is 5.94. The zero-order chi connectivity index (χ0) is 12.8. The molecule has 0 aliphatic carbocycles. The first-order chi connectivity index (χ1) is 7.30. The predicted molar refractivity (Wildman–Crippen MR) is 55.6 cm³/mol. The highest BCUT2D eigenvalue weighted by atomic mass is 16.4. The molecule has 0 aliphatic rings. The lowest BCUT2D eigenvalue weighted by Crippen LogP contribution is -2.46. The second-order valence-corrected chi connectivity index (χ2v) is 3.78. The first kappa shape index (κ1) is 14.8. The van der Waals surface area contributed by atoms with Crippen LogP contribution in [0.4, 0.5) is 0 Å². The van der Waals surface area contributed by atoms with E-state index in [1.165, 1.54) is 6.92 Å². The third-order valence-corrected chi connectivity index (χ3v) is 2.20. The van der Waals surface area contributed by atoms with E-state index in [-0.39, 0.29) is 25.3 Å². The molecule has 16 heavy (non-hydrogen) atoms. The lowest BCUT2D eigenvalue weighted by molar-refractivity contribution is -0.139. The van der Waals surface area contributed by atoms with Crippen molar-refractivity contribution >= 4 is 11.9 Å². The molecule has 0 fully saturated rings. The van der Waals surface area contributed by atoms with E-state index in [1.54, 1.807) is 0 Å². The molecular formula is C9H18N2O5. The summed E-state index contributed by atoms with van der Waals surface area (Å²) in [5, 5.41) is 29.6. The Morgan fingerprint density at radius 2 is 2.06 bits per heavy atom. The van der Waals surface area contributed by atoms with Crippen molar-refractivity contribution in [1.82, 2.24) is 5.32 Å². The number of carboxylic acids is 1. The minimum Gasteiger partial charge on any atom is -0.480 e. The number of carbonyl (C=O) groups excluding carboxylic acids is 1. The van der Waals surface area contributed by atoms with Gasteiger partial charge in [-0.15, -0.1) is 0 Å². The van der Waals surface area contributed by atoms with Crippen molar-refractivity contribution in [2.45, 2.75) is 31.4 Å². The van der Waals surface area contributed by atoms with E-state index in [0.29, 0.717) is 0 Å². The quantitative estimate of drug-likeness (QED) is 0.347. The number of aliphatic carboxylic acids is 1. The van der Waals surface area contributed by atoms with Gasteiger partial charge in [0.1, 0.15) is 11.6 Å². The second-order valence-electron chi connectivity index (χ2n) is 3.78. The average Bonchev–Trinajstić information content (AvgIpc) is 2.23.